The molecule has 0 amide bonds. The Morgan fingerprint density at radius 1 is 0.710 bits per heavy atom. The first-order chi connectivity index (χ1) is 14.3. The van der Waals surface area contributed by atoms with Crippen LogP contribution in [0.2, 0.25) is 0 Å². The molecule has 11 heteroatoms. The van der Waals surface area contributed by atoms with Gasteiger partial charge in [0.1, 0.15) is 12.3 Å². The van der Waals surface area contributed by atoms with Gasteiger partial charge in [-0.3, -0.25) is 4.39 Å². The van der Waals surface area contributed by atoms with Gasteiger partial charge in [0, 0.05) is 0 Å². The zero-order valence-corrected chi connectivity index (χ0v) is 19.8. The van der Waals surface area contributed by atoms with Crippen LogP contribution in [0.5, 0.6) is 0 Å². The molecule has 0 rings (SSSR count). The molecule has 4 nitrogen and oxygen atoms in total. The van der Waals surface area contributed by atoms with Crippen LogP contribution in [0.15, 0.2) is 0 Å². The molecule has 0 fully saturated rings. The Morgan fingerprint density at radius 3 is 1.48 bits per heavy atom. The molecule has 0 saturated carbocycles. The minimum absolute atomic E-state index is 0.124. The van der Waals surface area contributed by atoms with Crippen LogP contribution in [-0.4, -0.2) is 86.9 Å². The summed E-state index contributed by atoms with van der Waals surface area (Å²) in [5, 5.41) is 0. The largest absolute Gasteiger partial charge is 0.748 e. The summed E-state index contributed by atoms with van der Waals surface area (Å²) in [7, 11) is -5.15. The van der Waals surface area contributed by atoms with E-state index in [0.717, 1.165) is 0 Å². The van der Waals surface area contributed by atoms with Gasteiger partial charge >= 0.3 is 0 Å². The van der Waals surface area contributed by atoms with Gasteiger partial charge in [-0.2, -0.15) is 0 Å². The summed E-state index contributed by atoms with van der Waals surface area (Å²) in [6.45, 7) is 13.7. The van der Waals surface area contributed by atoms with E-state index in [0.29, 0.717) is 12.8 Å². The Kier molecular flexibility index (Phi) is 17.9. The quantitative estimate of drug-likeness (QED) is 0.133. The van der Waals surface area contributed by atoms with Gasteiger partial charge in [-0.1, -0.05) is 19.3 Å². The Hall–Kier alpha value is -0.550. The van der Waals surface area contributed by atoms with Crippen molar-refractivity contribution in [3.05, 3.63) is 0 Å². The average Bonchev–Trinajstić information content (AvgIpc) is 2.73. The maximum Gasteiger partial charge on any atom is 0.168 e. The number of alkyl halides is 6. The van der Waals surface area contributed by atoms with Crippen LogP contribution in [0, 0.1) is 0 Å². The summed E-state index contributed by atoms with van der Waals surface area (Å²) in [6.07, 6.45) is -14.1. The van der Waals surface area contributed by atoms with Crippen LogP contribution < -0.4 is 0 Å². The highest BCUT2D eigenvalue weighted by atomic mass is 32.2. The summed E-state index contributed by atoms with van der Waals surface area (Å²) < 4.78 is 110. The van der Waals surface area contributed by atoms with Crippen molar-refractivity contribution in [1.29, 1.82) is 0 Å². The van der Waals surface area contributed by atoms with Gasteiger partial charge in [0.15, 0.2) is 18.5 Å². The minimum Gasteiger partial charge on any atom is -0.748 e. The van der Waals surface area contributed by atoms with Gasteiger partial charge in [0.2, 0.25) is 0 Å². The van der Waals surface area contributed by atoms with Gasteiger partial charge in [0.05, 0.1) is 48.7 Å². The van der Waals surface area contributed by atoms with Gasteiger partial charge < -0.3 is 9.04 Å². The molecule has 0 saturated heterocycles. The Morgan fingerprint density at radius 2 is 1.13 bits per heavy atom. The van der Waals surface area contributed by atoms with Crippen molar-refractivity contribution < 1.29 is 43.8 Å². The summed E-state index contributed by atoms with van der Waals surface area (Å²) in [5.74, 6) is -1.85. The second-order valence-corrected chi connectivity index (χ2v) is 9.04. The molecule has 0 aliphatic carbocycles. The van der Waals surface area contributed by atoms with Crippen LogP contribution in [0.4, 0.5) is 26.3 Å². The number of halogens is 6. The molecule has 5 unspecified atom stereocenters. The third-order valence-electron chi connectivity index (χ3n) is 5.71. The molecule has 0 heterocycles. The molecule has 0 spiro atoms. The lowest BCUT2D eigenvalue weighted by Crippen LogP contribution is -2.47. The maximum absolute atomic E-state index is 13.4. The fourth-order valence-electron chi connectivity index (χ4n) is 3.15. The molecule has 0 aromatic rings. The van der Waals surface area contributed by atoms with E-state index in [1.54, 1.807) is 0 Å². The molecule has 0 aromatic heterocycles. The summed E-state index contributed by atoms with van der Waals surface area (Å²) in [4.78, 5) is 0. The molecule has 0 aliphatic heterocycles. The molecule has 0 bridgehead atoms. The Labute approximate surface area is 183 Å². The van der Waals surface area contributed by atoms with Gasteiger partial charge in [-0.25, -0.2) is 30.4 Å². The van der Waals surface area contributed by atoms with E-state index in [9.17, 15) is 39.3 Å². The monoisotopic (exact) mass is 487 g/mol. The molecule has 0 N–H and O–H groups in total. The fraction of sp³-hybridized carbons (Fsp3) is 1.00. The normalized spacial score (nSPS) is 17.3. The van der Waals surface area contributed by atoms with E-state index in [4.69, 9.17) is 0 Å². The molecule has 5 atom stereocenters. The van der Waals surface area contributed by atoms with Crippen molar-refractivity contribution in [2.75, 3.05) is 38.6 Å². The second-order valence-electron chi connectivity index (χ2n) is 7.59. The summed E-state index contributed by atoms with van der Waals surface area (Å²) in [6, 6.07) is 0. The lowest BCUT2D eigenvalue weighted by atomic mass is 10.0. The number of rotatable bonds is 16. The van der Waals surface area contributed by atoms with Crippen molar-refractivity contribution in [2.24, 2.45) is 0 Å². The van der Waals surface area contributed by atoms with Crippen molar-refractivity contribution in [1.82, 2.24) is 0 Å². The minimum atomic E-state index is -5.15. The van der Waals surface area contributed by atoms with Crippen molar-refractivity contribution >= 4 is 10.1 Å². The molecule has 190 valence electrons. The highest BCUT2D eigenvalue weighted by Gasteiger charge is 2.40. The number of hydrogen-bond donors (Lipinski definition) is 0. The standard InChI is InChI=1S/C12H20F6O3S.C8H20N/c13-6-4-2-1-3-5-8(14)10(16)12(18)11(17)9(15)7-22(19,20)21;1-5-9(6-2,7-3)8-4/h8-12H,1-7H2,(H,19,20,21);5-8H2,1-4H3/q;+1/p-1. The van der Waals surface area contributed by atoms with Crippen molar-refractivity contribution in [2.45, 2.75) is 90.7 Å². The second kappa shape index (κ2) is 17.0. The predicted octanol–water partition coefficient (Wildman–Crippen LogP) is 5.02. The smallest absolute Gasteiger partial charge is 0.168 e. The highest BCUT2D eigenvalue weighted by Crippen LogP contribution is 2.24. The van der Waals surface area contributed by atoms with E-state index in [2.05, 4.69) is 27.7 Å². The molecule has 0 aliphatic rings. The van der Waals surface area contributed by atoms with Crippen LogP contribution in [-0.2, 0) is 10.1 Å². The first-order valence-corrected chi connectivity index (χ1v) is 12.5. The van der Waals surface area contributed by atoms with Crippen molar-refractivity contribution in [3.8, 4) is 0 Å². The molecule has 0 aromatic carbocycles. The first kappa shape index (κ1) is 32.6. The van der Waals surface area contributed by atoms with E-state index >= 15 is 0 Å². The van der Waals surface area contributed by atoms with Gasteiger partial charge in [0.25, 0.3) is 0 Å². The van der Waals surface area contributed by atoms with E-state index in [-0.39, 0.29) is 12.8 Å². The number of unbranched alkanes of at least 4 members (excludes halogenated alkanes) is 3. The third kappa shape index (κ3) is 14.3. The number of hydrogen-bond acceptors (Lipinski definition) is 3. The zero-order chi connectivity index (χ0) is 24.7. The molecule has 0 radical (unpaired) electrons. The topological polar surface area (TPSA) is 57.2 Å². The fourth-order valence-corrected chi connectivity index (χ4v) is 3.72. The summed E-state index contributed by atoms with van der Waals surface area (Å²) >= 11 is 0. The Bertz CT molecular complexity index is 519. The first-order valence-electron chi connectivity index (χ1n) is 10.9. The van der Waals surface area contributed by atoms with E-state index in [1.807, 2.05) is 0 Å². The third-order valence-corrected chi connectivity index (χ3v) is 6.44. The molecular formula is C20H39F6NO3S. The maximum atomic E-state index is 13.4. The summed E-state index contributed by atoms with van der Waals surface area (Å²) in [5.41, 5.74) is 0. The van der Waals surface area contributed by atoms with Gasteiger partial charge in [-0.05, 0) is 40.5 Å². The van der Waals surface area contributed by atoms with Gasteiger partial charge in [-0.15, -0.1) is 0 Å². The SMILES string of the molecule is CC[N+](CC)(CC)CC.O=S(=O)([O-])CC(F)C(F)C(F)C(F)C(F)CCCCCCF. The van der Waals surface area contributed by atoms with E-state index < -0.39 is 59.8 Å². The highest BCUT2D eigenvalue weighted by molar-refractivity contribution is 7.85. The molecular weight excluding hydrogens is 448 g/mol. The average molecular weight is 488 g/mol. The van der Waals surface area contributed by atoms with Crippen LogP contribution in [0.25, 0.3) is 0 Å². The van der Waals surface area contributed by atoms with Crippen LogP contribution in [0.1, 0.15) is 59.8 Å². The Balaban J connectivity index is 0. The molecule has 31 heavy (non-hydrogen) atoms. The van der Waals surface area contributed by atoms with Crippen molar-refractivity contribution in [3.63, 3.8) is 0 Å². The van der Waals surface area contributed by atoms with Crippen LogP contribution >= 0.6 is 0 Å². The number of quaternary nitrogens is 1. The lowest BCUT2D eigenvalue weighted by Gasteiger charge is -2.34. The lowest BCUT2D eigenvalue weighted by molar-refractivity contribution is -0.921. The number of nitrogens with zero attached hydrogens (tertiary/aromatic N) is 1. The van der Waals surface area contributed by atoms with Crippen LogP contribution in [0.3, 0.4) is 0 Å². The van der Waals surface area contributed by atoms with E-state index in [1.165, 1.54) is 30.7 Å². The zero-order valence-electron chi connectivity index (χ0n) is 19.0. The predicted molar refractivity (Wildman–Crippen MR) is 111 cm³/mol.